The van der Waals surface area contributed by atoms with Gasteiger partial charge in [-0.15, -0.1) is 0 Å². The second-order valence-corrected chi connectivity index (χ2v) is 5.05. The van der Waals surface area contributed by atoms with Crippen molar-refractivity contribution in [2.75, 3.05) is 7.11 Å². The van der Waals surface area contributed by atoms with Crippen LogP contribution in [0.1, 0.15) is 17.8 Å². The Morgan fingerprint density at radius 2 is 1.90 bits per heavy atom. The highest BCUT2D eigenvalue weighted by Crippen LogP contribution is 2.15. The fourth-order valence-electron chi connectivity index (χ4n) is 2.41. The lowest BCUT2D eigenvalue weighted by Gasteiger charge is -2.05. The maximum atomic E-state index is 5.24. The van der Waals surface area contributed by atoms with Gasteiger partial charge in [0, 0.05) is 18.0 Å². The number of hydrogen-bond donors (Lipinski definition) is 0. The van der Waals surface area contributed by atoms with Crippen LogP contribution in [0.4, 0.5) is 0 Å². The van der Waals surface area contributed by atoms with Crippen molar-refractivity contribution < 1.29 is 4.74 Å². The molecule has 3 aromatic rings. The first-order valence-electron chi connectivity index (χ1n) is 7.19. The van der Waals surface area contributed by atoms with Crippen LogP contribution in [0.5, 0.6) is 5.75 Å². The minimum atomic E-state index is 0.891. The highest BCUT2D eigenvalue weighted by Gasteiger charge is 2.01. The normalized spacial score (nSPS) is 10.7. The van der Waals surface area contributed by atoms with Crippen LogP contribution in [-0.4, -0.2) is 17.1 Å². The Morgan fingerprint density at radius 3 is 2.81 bits per heavy atom. The average molecular weight is 278 g/mol. The van der Waals surface area contributed by atoms with Gasteiger partial charge in [0.05, 0.1) is 12.6 Å². The van der Waals surface area contributed by atoms with Gasteiger partial charge < -0.3 is 4.74 Å². The fourth-order valence-corrected chi connectivity index (χ4v) is 2.41. The van der Waals surface area contributed by atoms with Gasteiger partial charge in [0.25, 0.3) is 0 Å². The number of nitrogens with zero attached hydrogens (tertiary/aromatic N) is 2. The molecule has 0 N–H and O–H groups in total. The van der Waals surface area contributed by atoms with E-state index in [1.165, 1.54) is 5.56 Å². The first kappa shape index (κ1) is 13.6. The quantitative estimate of drug-likeness (QED) is 0.711. The molecule has 3 heteroatoms. The van der Waals surface area contributed by atoms with Crippen LogP contribution in [0.25, 0.3) is 10.9 Å². The maximum absolute atomic E-state index is 5.24. The van der Waals surface area contributed by atoms with Crippen LogP contribution in [0, 0.1) is 0 Å². The predicted octanol–water partition coefficient (Wildman–Crippen LogP) is 3.81. The van der Waals surface area contributed by atoms with E-state index in [0.29, 0.717) is 0 Å². The summed E-state index contributed by atoms with van der Waals surface area (Å²) < 4.78 is 5.24. The summed E-state index contributed by atoms with van der Waals surface area (Å²) in [7, 11) is 1.70. The van der Waals surface area contributed by atoms with E-state index < -0.39 is 0 Å². The first-order chi connectivity index (χ1) is 10.3. The molecule has 1 heterocycles. The van der Waals surface area contributed by atoms with Crippen LogP contribution in [0.3, 0.4) is 0 Å². The van der Waals surface area contributed by atoms with E-state index in [9.17, 15) is 0 Å². The number of benzene rings is 2. The molecule has 0 radical (unpaired) electrons. The van der Waals surface area contributed by atoms with Crippen LogP contribution >= 0.6 is 0 Å². The Labute approximate surface area is 124 Å². The van der Waals surface area contributed by atoms with E-state index in [2.05, 4.69) is 22.1 Å². The van der Waals surface area contributed by atoms with Crippen LogP contribution in [0.15, 0.2) is 54.7 Å². The number of methoxy groups -OCH3 is 1. The number of para-hydroxylation sites is 1. The molecule has 0 atom stereocenters. The van der Waals surface area contributed by atoms with Crippen LogP contribution in [-0.2, 0) is 12.8 Å². The fraction of sp³-hybridized carbons (Fsp3) is 0.222. The largest absolute Gasteiger partial charge is 0.497 e. The van der Waals surface area contributed by atoms with E-state index in [1.807, 2.05) is 42.6 Å². The molecule has 21 heavy (non-hydrogen) atoms. The minimum Gasteiger partial charge on any atom is -0.497 e. The molecule has 0 fully saturated rings. The molecule has 0 unspecified atom stereocenters. The number of hydrogen-bond acceptors (Lipinski definition) is 3. The van der Waals surface area contributed by atoms with Gasteiger partial charge in [-0.05, 0) is 36.6 Å². The number of ether oxygens (including phenoxy) is 1. The Morgan fingerprint density at radius 1 is 1.00 bits per heavy atom. The third kappa shape index (κ3) is 3.37. The Balaban J connectivity index is 1.63. The van der Waals surface area contributed by atoms with Crippen molar-refractivity contribution in [3.63, 3.8) is 0 Å². The molecule has 0 saturated heterocycles. The molecular formula is C18H18N2O. The van der Waals surface area contributed by atoms with Gasteiger partial charge in [-0.3, -0.25) is 0 Å². The van der Waals surface area contributed by atoms with Gasteiger partial charge in [0.2, 0.25) is 0 Å². The van der Waals surface area contributed by atoms with Crippen LogP contribution < -0.4 is 4.74 Å². The standard InChI is InChI=1S/C18H18N2O/c1-21-16-9-4-6-14(12-16)7-5-11-18-19-13-15-8-2-3-10-17(15)20-18/h2-4,6,8-10,12-13H,5,7,11H2,1H3. The second-order valence-electron chi connectivity index (χ2n) is 5.05. The van der Waals surface area contributed by atoms with E-state index >= 15 is 0 Å². The lowest BCUT2D eigenvalue weighted by molar-refractivity contribution is 0.414. The topological polar surface area (TPSA) is 35.0 Å². The molecule has 0 spiro atoms. The highest BCUT2D eigenvalue weighted by atomic mass is 16.5. The van der Waals surface area contributed by atoms with Gasteiger partial charge in [-0.2, -0.15) is 0 Å². The smallest absolute Gasteiger partial charge is 0.128 e. The third-order valence-corrected chi connectivity index (χ3v) is 3.54. The number of aryl methyl sites for hydroxylation is 2. The van der Waals surface area contributed by atoms with Crippen molar-refractivity contribution >= 4 is 10.9 Å². The zero-order valence-corrected chi connectivity index (χ0v) is 12.1. The molecule has 0 aliphatic heterocycles. The van der Waals surface area contributed by atoms with Crippen molar-refractivity contribution in [3.8, 4) is 5.75 Å². The summed E-state index contributed by atoms with van der Waals surface area (Å²) in [6.45, 7) is 0. The molecule has 1 aromatic heterocycles. The lowest BCUT2D eigenvalue weighted by Crippen LogP contribution is -1.97. The average Bonchev–Trinajstić information content (AvgIpc) is 2.55. The van der Waals surface area contributed by atoms with Crippen LogP contribution in [0.2, 0.25) is 0 Å². The van der Waals surface area contributed by atoms with Crippen molar-refractivity contribution in [1.82, 2.24) is 9.97 Å². The molecule has 0 saturated carbocycles. The van der Waals surface area contributed by atoms with Gasteiger partial charge in [0.1, 0.15) is 11.6 Å². The third-order valence-electron chi connectivity index (χ3n) is 3.54. The molecule has 0 amide bonds. The van der Waals surface area contributed by atoms with E-state index in [1.54, 1.807) is 7.11 Å². The summed E-state index contributed by atoms with van der Waals surface area (Å²) in [5.74, 6) is 1.83. The molecule has 3 nitrogen and oxygen atoms in total. The second kappa shape index (κ2) is 6.35. The number of fused-ring (bicyclic) bond motifs is 1. The molecule has 3 rings (SSSR count). The molecule has 2 aromatic carbocycles. The van der Waals surface area contributed by atoms with Gasteiger partial charge >= 0.3 is 0 Å². The van der Waals surface area contributed by atoms with Crippen molar-refractivity contribution in [2.24, 2.45) is 0 Å². The maximum Gasteiger partial charge on any atom is 0.128 e. The summed E-state index contributed by atoms with van der Waals surface area (Å²) in [4.78, 5) is 9.04. The zero-order valence-electron chi connectivity index (χ0n) is 12.1. The molecule has 0 aliphatic rings. The Hall–Kier alpha value is -2.42. The summed E-state index contributed by atoms with van der Waals surface area (Å²) in [6, 6.07) is 16.3. The highest BCUT2D eigenvalue weighted by molar-refractivity contribution is 5.77. The van der Waals surface area contributed by atoms with Crippen molar-refractivity contribution in [2.45, 2.75) is 19.3 Å². The van der Waals surface area contributed by atoms with E-state index in [4.69, 9.17) is 4.74 Å². The van der Waals surface area contributed by atoms with Crippen molar-refractivity contribution in [1.29, 1.82) is 0 Å². The predicted molar refractivity (Wildman–Crippen MR) is 84.6 cm³/mol. The molecule has 0 aliphatic carbocycles. The Kier molecular flexibility index (Phi) is 4.10. The molecule has 106 valence electrons. The number of rotatable bonds is 5. The summed E-state index contributed by atoms with van der Waals surface area (Å²) in [5.41, 5.74) is 2.30. The zero-order chi connectivity index (χ0) is 14.5. The molecule has 0 bridgehead atoms. The number of aromatic nitrogens is 2. The van der Waals surface area contributed by atoms with Crippen molar-refractivity contribution in [3.05, 3.63) is 66.1 Å². The minimum absolute atomic E-state index is 0.891. The van der Waals surface area contributed by atoms with Gasteiger partial charge in [-0.1, -0.05) is 30.3 Å². The SMILES string of the molecule is COc1cccc(CCCc2ncc3ccccc3n2)c1. The Bertz CT molecular complexity index is 740. The van der Waals surface area contributed by atoms with Gasteiger partial charge in [-0.25, -0.2) is 9.97 Å². The monoisotopic (exact) mass is 278 g/mol. The van der Waals surface area contributed by atoms with Gasteiger partial charge in [0.15, 0.2) is 0 Å². The van der Waals surface area contributed by atoms with E-state index in [0.717, 1.165) is 41.7 Å². The summed E-state index contributed by atoms with van der Waals surface area (Å²) in [6.07, 6.45) is 4.84. The molecular weight excluding hydrogens is 260 g/mol. The van der Waals surface area contributed by atoms with E-state index in [-0.39, 0.29) is 0 Å². The lowest BCUT2D eigenvalue weighted by atomic mass is 10.1. The first-order valence-corrected chi connectivity index (χ1v) is 7.19. The summed E-state index contributed by atoms with van der Waals surface area (Å²) >= 11 is 0. The summed E-state index contributed by atoms with van der Waals surface area (Å²) in [5, 5.41) is 1.09.